The van der Waals surface area contributed by atoms with Gasteiger partial charge in [0.15, 0.2) is 0 Å². The van der Waals surface area contributed by atoms with E-state index in [4.69, 9.17) is 5.73 Å². The van der Waals surface area contributed by atoms with Crippen LogP contribution in [0.1, 0.15) is 64.2 Å². The summed E-state index contributed by atoms with van der Waals surface area (Å²) in [5.41, 5.74) is 6.39. The van der Waals surface area contributed by atoms with Crippen molar-refractivity contribution in [3.8, 4) is 0 Å². The molecule has 3 N–H and O–H groups in total. The van der Waals surface area contributed by atoms with Crippen molar-refractivity contribution >= 4 is 18.3 Å². The average molecular weight is 353 g/mol. The molecule has 0 aliphatic heterocycles. The first-order chi connectivity index (χ1) is 11.2. The molecule has 0 aromatic heterocycles. The van der Waals surface area contributed by atoms with E-state index < -0.39 is 0 Å². The number of nitrogens with two attached hydrogens (primary N) is 1. The molecule has 3 nitrogen and oxygen atoms in total. The van der Waals surface area contributed by atoms with Gasteiger partial charge in [0, 0.05) is 18.0 Å². The zero-order valence-electron chi connectivity index (χ0n) is 14.7. The van der Waals surface area contributed by atoms with E-state index in [2.05, 4.69) is 5.32 Å². The minimum atomic E-state index is 0. The molecule has 5 aliphatic rings. The van der Waals surface area contributed by atoms with Gasteiger partial charge in [0.1, 0.15) is 0 Å². The van der Waals surface area contributed by atoms with Crippen molar-refractivity contribution in [2.45, 2.75) is 76.3 Å². The zero-order chi connectivity index (χ0) is 15.6. The largest absolute Gasteiger partial charge is 0.353 e. The molecule has 0 heterocycles. The van der Waals surface area contributed by atoms with Gasteiger partial charge in [-0.1, -0.05) is 12.8 Å². The third kappa shape index (κ3) is 2.61. The molecule has 5 aliphatic carbocycles. The molecule has 7 unspecified atom stereocenters. The normalized spacial score (nSPS) is 51.8. The highest BCUT2D eigenvalue weighted by Crippen LogP contribution is 2.58. The number of carbonyl (C=O) groups is 1. The lowest BCUT2D eigenvalue weighted by atomic mass is 9.65. The van der Waals surface area contributed by atoms with Crippen LogP contribution in [0, 0.1) is 41.4 Å². The minimum absolute atomic E-state index is 0. The summed E-state index contributed by atoms with van der Waals surface area (Å²) < 4.78 is 0. The number of halogens is 1. The first-order valence-electron chi connectivity index (χ1n) is 10.3. The fourth-order valence-corrected chi connectivity index (χ4v) is 7.54. The van der Waals surface area contributed by atoms with Crippen molar-refractivity contribution < 1.29 is 4.79 Å². The van der Waals surface area contributed by atoms with E-state index in [-0.39, 0.29) is 18.3 Å². The van der Waals surface area contributed by atoms with Crippen LogP contribution in [0.15, 0.2) is 0 Å². The van der Waals surface area contributed by atoms with Gasteiger partial charge in [-0.2, -0.15) is 0 Å². The topological polar surface area (TPSA) is 55.1 Å². The minimum Gasteiger partial charge on any atom is -0.353 e. The molecule has 1 amide bonds. The van der Waals surface area contributed by atoms with E-state index in [1.165, 1.54) is 51.4 Å². The van der Waals surface area contributed by atoms with E-state index in [0.29, 0.717) is 29.8 Å². The summed E-state index contributed by atoms with van der Waals surface area (Å²) in [6.07, 6.45) is 12.9. The highest BCUT2D eigenvalue weighted by atomic mass is 35.5. The summed E-state index contributed by atoms with van der Waals surface area (Å²) in [6, 6.07) is 0.872. The number of rotatable bonds is 2. The van der Waals surface area contributed by atoms with E-state index in [9.17, 15) is 4.79 Å². The molecule has 5 saturated carbocycles. The SMILES string of the molecule is Cl.NC1C2CCCC1CC(C(=O)NC1CC3CC1C1CCCC31)C2. The van der Waals surface area contributed by atoms with Crippen LogP contribution in [0.2, 0.25) is 0 Å². The fraction of sp³-hybridized carbons (Fsp3) is 0.950. The van der Waals surface area contributed by atoms with Crippen LogP contribution in [0.5, 0.6) is 0 Å². The number of amides is 1. The molecule has 5 fully saturated rings. The third-order valence-electron chi connectivity index (χ3n) is 8.54. The first kappa shape index (κ1) is 17.1. The van der Waals surface area contributed by atoms with Crippen molar-refractivity contribution in [2.24, 2.45) is 47.2 Å². The smallest absolute Gasteiger partial charge is 0.223 e. The molecule has 0 saturated heterocycles. The fourth-order valence-electron chi connectivity index (χ4n) is 7.54. The van der Waals surface area contributed by atoms with Crippen LogP contribution in [-0.4, -0.2) is 18.0 Å². The van der Waals surface area contributed by atoms with Gasteiger partial charge in [0.2, 0.25) is 5.91 Å². The highest BCUT2D eigenvalue weighted by molar-refractivity contribution is 5.85. The molecule has 0 radical (unpaired) electrons. The Morgan fingerprint density at radius 3 is 2.21 bits per heavy atom. The van der Waals surface area contributed by atoms with Gasteiger partial charge in [-0.25, -0.2) is 0 Å². The van der Waals surface area contributed by atoms with E-state index in [1.807, 2.05) is 0 Å². The monoisotopic (exact) mass is 352 g/mol. The molecule has 7 atom stereocenters. The van der Waals surface area contributed by atoms with Gasteiger partial charge < -0.3 is 11.1 Å². The Bertz CT molecular complexity index is 484. The Labute approximate surface area is 152 Å². The molecule has 136 valence electrons. The Morgan fingerprint density at radius 1 is 0.792 bits per heavy atom. The maximum atomic E-state index is 12.9. The second-order valence-electron chi connectivity index (χ2n) is 9.47. The number of hydrogen-bond donors (Lipinski definition) is 2. The lowest BCUT2D eigenvalue weighted by Gasteiger charge is -2.44. The summed E-state index contributed by atoms with van der Waals surface area (Å²) in [5, 5.41) is 3.52. The second kappa shape index (κ2) is 6.46. The summed E-state index contributed by atoms with van der Waals surface area (Å²) >= 11 is 0. The molecular weight excluding hydrogens is 320 g/mol. The van der Waals surface area contributed by atoms with Crippen LogP contribution in [0.4, 0.5) is 0 Å². The maximum Gasteiger partial charge on any atom is 0.223 e. The van der Waals surface area contributed by atoms with Crippen molar-refractivity contribution in [1.29, 1.82) is 0 Å². The lowest BCUT2D eigenvalue weighted by Crippen LogP contribution is -2.51. The van der Waals surface area contributed by atoms with Gasteiger partial charge >= 0.3 is 0 Å². The number of carbonyl (C=O) groups excluding carboxylic acids is 1. The molecule has 0 aromatic rings. The number of hydrogen-bond acceptors (Lipinski definition) is 2. The standard InChI is InChI=1S/C20H32N2O.ClH/c21-19-11-3-1-4-12(19)8-14(7-11)20(23)22-18-10-13-9-17(18)16-6-2-5-15(13)16;/h11-19H,1-10,21H2,(H,22,23);1H. The molecule has 5 rings (SSSR count). The Morgan fingerprint density at radius 2 is 1.46 bits per heavy atom. The van der Waals surface area contributed by atoms with E-state index >= 15 is 0 Å². The maximum absolute atomic E-state index is 12.9. The molecule has 24 heavy (non-hydrogen) atoms. The molecule has 4 heteroatoms. The van der Waals surface area contributed by atoms with E-state index in [1.54, 1.807) is 0 Å². The predicted octanol–water partition coefficient (Wildman–Crippen LogP) is 3.50. The van der Waals surface area contributed by atoms with Gasteiger partial charge in [-0.15, -0.1) is 12.4 Å². The average Bonchev–Trinajstić information content (AvgIpc) is 3.19. The zero-order valence-corrected chi connectivity index (χ0v) is 15.5. The lowest BCUT2D eigenvalue weighted by molar-refractivity contribution is -0.129. The quantitative estimate of drug-likeness (QED) is 0.799. The summed E-state index contributed by atoms with van der Waals surface area (Å²) in [7, 11) is 0. The first-order valence-corrected chi connectivity index (χ1v) is 10.3. The van der Waals surface area contributed by atoms with Crippen molar-refractivity contribution in [3.63, 3.8) is 0 Å². The Balaban J connectivity index is 0.00000146. The van der Waals surface area contributed by atoms with Crippen molar-refractivity contribution in [1.82, 2.24) is 5.32 Å². The van der Waals surface area contributed by atoms with Gasteiger partial charge in [-0.3, -0.25) is 4.79 Å². The van der Waals surface area contributed by atoms with Crippen LogP contribution in [-0.2, 0) is 4.79 Å². The summed E-state index contributed by atoms with van der Waals surface area (Å²) in [5.74, 6) is 5.54. The number of fused-ring (bicyclic) bond motifs is 7. The Hall–Kier alpha value is -0.280. The van der Waals surface area contributed by atoms with E-state index in [0.717, 1.165) is 36.5 Å². The summed E-state index contributed by atoms with van der Waals surface area (Å²) in [4.78, 5) is 12.9. The molecule has 0 spiro atoms. The number of nitrogens with one attached hydrogen (secondary N) is 1. The Kier molecular flexibility index (Phi) is 4.62. The van der Waals surface area contributed by atoms with Gasteiger partial charge in [-0.05, 0) is 86.9 Å². The molecular formula is C20H33ClN2O. The van der Waals surface area contributed by atoms with Gasteiger partial charge in [0.05, 0.1) is 0 Å². The second-order valence-corrected chi connectivity index (χ2v) is 9.47. The van der Waals surface area contributed by atoms with Crippen molar-refractivity contribution in [3.05, 3.63) is 0 Å². The van der Waals surface area contributed by atoms with Crippen LogP contribution >= 0.6 is 12.4 Å². The van der Waals surface area contributed by atoms with Crippen LogP contribution < -0.4 is 11.1 Å². The third-order valence-corrected chi connectivity index (χ3v) is 8.54. The van der Waals surface area contributed by atoms with Gasteiger partial charge in [0.25, 0.3) is 0 Å². The van der Waals surface area contributed by atoms with Crippen LogP contribution in [0.3, 0.4) is 0 Å². The highest BCUT2D eigenvalue weighted by Gasteiger charge is 2.54. The molecule has 0 aromatic carbocycles. The summed E-state index contributed by atoms with van der Waals surface area (Å²) in [6.45, 7) is 0. The van der Waals surface area contributed by atoms with Crippen molar-refractivity contribution in [2.75, 3.05) is 0 Å². The molecule has 4 bridgehead atoms. The predicted molar refractivity (Wildman–Crippen MR) is 97.8 cm³/mol. The van der Waals surface area contributed by atoms with Crippen LogP contribution in [0.25, 0.3) is 0 Å².